The van der Waals surface area contributed by atoms with Crippen LogP contribution >= 0.6 is 0 Å². The molecule has 1 aromatic carbocycles. The van der Waals surface area contributed by atoms with Crippen LogP contribution in [0.2, 0.25) is 0 Å². The van der Waals surface area contributed by atoms with E-state index in [0.717, 1.165) is 24.9 Å². The van der Waals surface area contributed by atoms with Gasteiger partial charge < -0.3 is 10.4 Å². The van der Waals surface area contributed by atoms with Crippen LogP contribution in [0.4, 0.5) is 0 Å². The van der Waals surface area contributed by atoms with Gasteiger partial charge in [0, 0.05) is 6.54 Å². The number of aryl methyl sites for hydroxylation is 1. The molecule has 0 radical (unpaired) electrons. The summed E-state index contributed by atoms with van der Waals surface area (Å²) in [6.45, 7) is 3.55. The Hall–Kier alpha value is -1.35. The fourth-order valence-corrected chi connectivity index (χ4v) is 2.47. The summed E-state index contributed by atoms with van der Waals surface area (Å²) in [5.41, 5.74) is 1.70. The van der Waals surface area contributed by atoms with E-state index in [1.54, 1.807) is 0 Å². The Bertz CT molecular complexity index is 391. The summed E-state index contributed by atoms with van der Waals surface area (Å²) in [6, 6.07) is 8.16. The first-order valence-electron chi connectivity index (χ1n) is 6.12. The standard InChI is InChI=1S/C14H19NO2/c1-11-3-5-12(6-4-11)9-14(13(16)17)7-2-8-15-10-14/h3-6,15H,2,7-10H2,1H3,(H,16,17). The Labute approximate surface area is 102 Å². The largest absolute Gasteiger partial charge is 0.481 e. The van der Waals surface area contributed by atoms with E-state index in [9.17, 15) is 9.90 Å². The van der Waals surface area contributed by atoms with Crippen LogP contribution in [0.5, 0.6) is 0 Å². The van der Waals surface area contributed by atoms with E-state index in [0.29, 0.717) is 13.0 Å². The predicted octanol–water partition coefficient (Wildman–Crippen LogP) is 1.99. The Kier molecular flexibility index (Phi) is 3.48. The smallest absolute Gasteiger partial charge is 0.311 e. The number of benzene rings is 1. The molecule has 1 aliphatic heterocycles. The van der Waals surface area contributed by atoms with Gasteiger partial charge in [-0.2, -0.15) is 0 Å². The lowest BCUT2D eigenvalue weighted by Gasteiger charge is -2.33. The van der Waals surface area contributed by atoms with Crippen molar-refractivity contribution in [3.63, 3.8) is 0 Å². The fraction of sp³-hybridized carbons (Fsp3) is 0.500. The van der Waals surface area contributed by atoms with Gasteiger partial charge in [0.2, 0.25) is 0 Å². The topological polar surface area (TPSA) is 49.3 Å². The SMILES string of the molecule is Cc1ccc(CC2(C(=O)O)CCCNC2)cc1. The van der Waals surface area contributed by atoms with E-state index in [4.69, 9.17) is 0 Å². The number of hydrogen-bond donors (Lipinski definition) is 2. The molecule has 1 atom stereocenters. The van der Waals surface area contributed by atoms with Gasteiger partial charge >= 0.3 is 5.97 Å². The highest BCUT2D eigenvalue weighted by molar-refractivity contribution is 5.75. The number of nitrogens with one attached hydrogen (secondary N) is 1. The highest BCUT2D eigenvalue weighted by Gasteiger charge is 2.39. The van der Waals surface area contributed by atoms with Crippen LogP contribution in [-0.2, 0) is 11.2 Å². The Balaban J connectivity index is 2.17. The number of carboxylic acid groups (broad SMARTS) is 1. The Morgan fingerprint density at radius 3 is 2.65 bits per heavy atom. The summed E-state index contributed by atoms with van der Waals surface area (Å²) in [6.07, 6.45) is 2.33. The van der Waals surface area contributed by atoms with Gasteiger partial charge in [0.05, 0.1) is 5.41 Å². The zero-order valence-electron chi connectivity index (χ0n) is 10.2. The molecule has 0 aliphatic carbocycles. The second kappa shape index (κ2) is 4.88. The van der Waals surface area contributed by atoms with E-state index < -0.39 is 11.4 Å². The third-order valence-corrected chi connectivity index (χ3v) is 3.59. The quantitative estimate of drug-likeness (QED) is 0.839. The summed E-state index contributed by atoms with van der Waals surface area (Å²) < 4.78 is 0. The minimum Gasteiger partial charge on any atom is -0.481 e. The van der Waals surface area contributed by atoms with Gasteiger partial charge in [-0.05, 0) is 38.3 Å². The van der Waals surface area contributed by atoms with Gasteiger partial charge in [0.1, 0.15) is 0 Å². The summed E-state index contributed by atoms with van der Waals surface area (Å²) in [5.74, 6) is -0.676. The van der Waals surface area contributed by atoms with Gasteiger partial charge in [0.15, 0.2) is 0 Å². The van der Waals surface area contributed by atoms with E-state index in [-0.39, 0.29) is 0 Å². The zero-order valence-corrected chi connectivity index (χ0v) is 10.2. The summed E-state index contributed by atoms with van der Waals surface area (Å²) in [7, 11) is 0. The van der Waals surface area contributed by atoms with Crippen LogP contribution in [0.25, 0.3) is 0 Å². The molecule has 0 bridgehead atoms. The molecule has 1 aromatic rings. The predicted molar refractivity (Wildman–Crippen MR) is 67.1 cm³/mol. The number of carbonyl (C=O) groups is 1. The molecule has 0 amide bonds. The van der Waals surface area contributed by atoms with Crippen molar-refractivity contribution in [1.29, 1.82) is 0 Å². The maximum atomic E-state index is 11.5. The zero-order chi connectivity index (χ0) is 12.3. The van der Waals surface area contributed by atoms with Crippen molar-refractivity contribution in [3.05, 3.63) is 35.4 Å². The highest BCUT2D eigenvalue weighted by Crippen LogP contribution is 2.31. The molecule has 0 spiro atoms. The van der Waals surface area contributed by atoms with Gasteiger partial charge in [-0.25, -0.2) is 0 Å². The van der Waals surface area contributed by atoms with Crippen LogP contribution in [0.3, 0.4) is 0 Å². The van der Waals surface area contributed by atoms with Crippen LogP contribution in [0.15, 0.2) is 24.3 Å². The van der Waals surface area contributed by atoms with Gasteiger partial charge in [-0.15, -0.1) is 0 Å². The number of carboxylic acids is 1. The molecule has 3 nitrogen and oxygen atoms in total. The van der Waals surface area contributed by atoms with Crippen molar-refractivity contribution in [2.45, 2.75) is 26.2 Å². The maximum Gasteiger partial charge on any atom is 0.311 e. The first-order valence-corrected chi connectivity index (χ1v) is 6.12. The van der Waals surface area contributed by atoms with E-state index in [2.05, 4.69) is 5.32 Å². The molecule has 0 saturated carbocycles. The van der Waals surface area contributed by atoms with Gasteiger partial charge in [-0.1, -0.05) is 29.8 Å². The van der Waals surface area contributed by atoms with Crippen LogP contribution in [0.1, 0.15) is 24.0 Å². The van der Waals surface area contributed by atoms with Crippen molar-refractivity contribution in [1.82, 2.24) is 5.32 Å². The Morgan fingerprint density at radius 1 is 1.41 bits per heavy atom. The minimum absolute atomic E-state index is 0.580. The van der Waals surface area contributed by atoms with Crippen molar-refractivity contribution in [2.24, 2.45) is 5.41 Å². The molecule has 1 aliphatic rings. The third-order valence-electron chi connectivity index (χ3n) is 3.59. The molecule has 17 heavy (non-hydrogen) atoms. The molecule has 0 aromatic heterocycles. The molecule has 92 valence electrons. The summed E-state index contributed by atoms with van der Waals surface area (Å²) in [4.78, 5) is 11.5. The average Bonchev–Trinajstić information content (AvgIpc) is 2.33. The number of hydrogen-bond acceptors (Lipinski definition) is 2. The van der Waals surface area contributed by atoms with Crippen LogP contribution in [0, 0.1) is 12.3 Å². The molecule has 1 heterocycles. The molecule has 2 N–H and O–H groups in total. The third kappa shape index (κ3) is 2.67. The fourth-order valence-electron chi connectivity index (χ4n) is 2.47. The molecule has 1 fully saturated rings. The first kappa shape index (κ1) is 12.1. The molecule has 3 heteroatoms. The second-order valence-electron chi connectivity index (χ2n) is 5.03. The van der Waals surface area contributed by atoms with Gasteiger partial charge in [-0.3, -0.25) is 4.79 Å². The maximum absolute atomic E-state index is 11.5. The van der Waals surface area contributed by atoms with E-state index in [1.165, 1.54) is 5.56 Å². The number of aliphatic carboxylic acids is 1. The molecular formula is C14H19NO2. The van der Waals surface area contributed by atoms with Crippen molar-refractivity contribution >= 4 is 5.97 Å². The van der Waals surface area contributed by atoms with Crippen molar-refractivity contribution in [2.75, 3.05) is 13.1 Å². The van der Waals surface area contributed by atoms with E-state index >= 15 is 0 Å². The second-order valence-corrected chi connectivity index (χ2v) is 5.03. The van der Waals surface area contributed by atoms with E-state index in [1.807, 2.05) is 31.2 Å². The molecule has 2 rings (SSSR count). The molecule has 1 saturated heterocycles. The molecular weight excluding hydrogens is 214 g/mol. The van der Waals surface area contributed by atoms with Gasteiger partial charge in [0.25, 0.3) is 0 Å². The lowest BCUT2D eigenvalue weighted by atomic mass is 9.76. The molecule has 1 unspecified atom stereocenters. The monoisotopic (exact) mass is 233 g/mol. The van der Waals surface area contributed by atoms with Crippen molar-refractivity contribution in [3.8, 4) is 0 Å². The Morgan fingerprint density at radius 2 is 2.12 bits per heavy atom. The number of rotatable bonds is 3. The van der Waals surface area contributed by atoms with Crippen molar-refractivity contribution < 1.29 is 9.90 Å². The highest BCUT2D eigenvalue weighted by atomic mass is 16.4. The minimum atomic E-state index is -0.676. The first-order chi connectivity index (χ1) is 8.12. The normalized spacial score (nSPS) is 24.5. The number of piperidine rings is 1. The van der Waals surface area contributed by atoms with Crippen LogP contribution in [-0.4, -0.2) is 24.2 Å². The van der Waals surface area contributed by atoms with Crippen LogP contribution < -0.4 is 5.32 Å². The summed E-state index contributed by atoms with van der Waals surface area (Å²) in [5, 5.41) is 12.7. The lowest BCUT2D eigenvalue weighted by Crippen LogP contribution is -2.47. The summed E-state index contributed by atoms with van der Waals surface area (Å²) >= 11 is 0. The lowest BCUT2D eigenvalue weighted by molar-refractivity contribution is -0.150. The average molecular weight is 233 g/mol.